The van der Waals surface area contributed by atoms with Gasteiger partial charge in [0.2, 0.25) is 0 Å². The summed E-state index contributed by atoms with van der Waals surface area (Å²) in [6.07, 6.45) is 0. The smallest absolute Gasteiger partial charge is 0.189 e. The summed E-state index contributed by atoms with van der Waals surface area (Å²) in [7, 11) is 0. The first-order valence-electron chi connectivity index (χ1n) is 5.78. The van der Waals surface area contributed by atoms with Crippen molar-refractivity contribution in [3.63, 3.8) is 0 Å². The van der Waals surface area contributed by atoms with Crippen molar-refractivity contribution >= 4 is 0 Å². The Labute approximate surface area is 97.8 Å². The van der Waals surface area contributed by atoms with E-state index in [1.807, 2.05) is 13.0 Å². The predicted molar refractivity (Wildman–Crippen MR) is 65.7 cm³/mol. The molecule has 0 radical (unpaired) electrons. The first kappa shape index (κ1) is 13.0. The zero-order valence-electron chi connectivity index (χ0n) is 10.4. The zero-order valence-corrected chi connectivity index (χ0v) is 10.4. The van der Waals surface area contributed by atoms with Gasteiger partial charge in [0.15, 0.2) is 6.79 Å². The molecule has 1 rings (SSSR count). The minimum Gasteiger partial charge on any atom is -0.467 e. The van der Waals surface area contributed by atoms with Crippen LogP contribution < -0.4 is 10.1 Å². The van der Waals surface area contributed by atoms with E-state index in [2.05, 4.69) is 31.3 Å². The summed E-state index contributed by atoms with van der Waals surface area (Å²) < 4.78 is 10.8. The van der Waals surface area contributed by atoms with Gasteiger partial charge >= 0.3 is 0 Å². The lowest BCUT2D eigenvalue weighted by molar-refractivity contribution is 0.0218. The highest BCUT2D eigenvalue weighted by molar-refractivity contribution is 5.36. The zero-order chi connectivity index (χ0) is 11.8. The highest BCUT2D eigenvalue weighted by Gasteiger charge is 2.03. The quantitative estimate of drug-likeness (QED) is 0.569. The lowest BCUT2D eigenvalue weighted by Crippen LogP contribution is -2.13. The fraction of sp³-hybridized carbons (Fsp3) is 0.538. The van der Waals surface area contributed by atoms with Gasteiger partial charge in [-0.15, -0.1) is 0 Å². The summed E-state index contributed by atoms with van der Waals surface area (Å²) in [4.78, 5) is 0. The maximum Gasteiger partial charge on any atom is 0.189 e. The lowest BCUT2D eigenvalue weighted by Gasteiger charge is -2.12. The second-order valence-corrected chi connectivity index (χ2v) is 3.65. The van der Waals surface area contributed by atoms with Crippen LogP contribution in [-0.2, 0) is 11.3 Å². The molecule has 0 heterocycles. The fourth-order valence-corrected chi connectivity index (χ4v) is 1.44. The van der Waals surface area contributed by atoms with Gasteiger partial charge < -0.3 is 14.8 Å². The largest absolute Gasteiger partial charge is 0.467 e. The van der Waals surface area contributed by atoms with E-state index in [1.54, 1.807) is 0 Å². The molecular weight excluding hydrogens is 202 g/mol. The number of hydrogen-bond donors (Lipinski definition) is 1. The number of benzene rings is 1. The lowest BCUT2D eigenvalue weighted by atomic mass is 10.1. The second-order valence-electron chi connectivity index (χ2n) is 3.65. The van der Waals surface area contributed by atoms with E-state index in [9.17, 15) is 0 Å². The third kappa shape index (κ3) is 4.21. The summed E-state index contributed by atoms with van der Waals surface area (Å²) in [6.45, 7) is 8.92. The van der Waals surface area contributed by atoms with Crippen molar-refractivity contribution in [2.24, 2.45) is 0 Å². The molecule has 0 atom stereocenters. The Balaban J connectivity index is 2.64. The number of aryl methyl sites for hydroxylation is 1. The molecule has 0 unspecified atom stereocenters. The van der Waals surface area contributed by atoms with Gasteiger partial charge in [-0.2, -0.15) is 0 Å². The number of nitrogens with one attached hydrogen (secondary N) is 1. The third-order valence-electron chi connectivity index (χ3n) is 2.28. The highest BCUT2D eigenvalue weighted by Crippen LogP contribution is 2.19. The standard InChI is InChI=1S/C13H21NO2/c1-4-14-9-12-8-11(3)6-7-13(12)16-10-15-5-2/h6-8,14H,4-5,9-10H2,1-3H3. The minimum atomic E-state index is 0.318. The average Bonchev–Trinajstić information content (AvgIpc) is 2.29. The van der Waals surface area contributed by atoms with Crippen LogP contribution in [-0.4, -0.2) is 19.9 Å². The summed E-state index contributed by atoms with van der Waals surface area (Å²) in [5.41, 5.74) is 2.43. The molecule has 1 aromatic rings. The van der Waals surface area contributed by atoms with Crippen LogP contribution >= 0.6 is 0 Å². The Hall–Kier alpha value is -1.06. The van der Waals surface area contributed by atoms with Crippen LogP contribution in [0.2, 0.25) is 0 Å². The summed E-state index contributed by atoms with van der Waals surface area (Å²) in [5, 5.41) is 3.30. The van der Waals surface area contributed by atoms with E-state index in [4.69, 9.17) is 9.47 Å². The number of ether oxygens (including phenoxy) is 2. The van der Waals surface area contributed by atoms with Crippen molar-refractivity contribution in [2.45, 2.75) is 27.3 Å². The van der Waals surface area contributed by atoms with Crippen LogP contribution in [0.1, 0.15) is 25.0 Å². The van der Waals surface area contributed by atoms with Gasteiger partial charge in [-0.3, -0.25) is 0 Å². The molecule has 0 aliphatic rings. The summed E-state index contributed by atoms with van der Waals surface area (Å²) >= 11 is 0. The molecule has 0 saturated heterocycles. The molecular formula is C13H21NO2. The van der Waals surface area contributed by atoms with E-state index in [0.717, 1.165) is 18.8 Å². The third-order valence-corrected chi connectivity index (χ3v) is 2.28. The molecule has 1 aromatic carbocycles. The maximum atomic E-state index is 5.57. The van der Waals surface area contributed by atoms with Crippen LogP contribution in [0.3, 0.4) is 0 Å². The van der Waals surface area contributed by atoms with Crippen LogP contribution in [0.25, 0.3) is 0 Å². The van der Waals surface area contributed by atoms with Gasteiger partial charge in [0.05, 0.1) is 0 Å². The molecule has 3 nitrogen and oxygen atoms in total. The van der Waals surface area contributed by atoms with Crippen molar-refractivity contribution in [2.75, 3.05) is 19.9 Å². The molecule has 0 saturated carbocycles. The van der Waals surface area contributed by atoms with E-state index < -0.39 is 0 Å². The molecule has 0 aliphatic heterocycles. The SMILES string of the molecule is CCNCc1cc(C)ccc1OCOCC. The molecule has 3 heteroatoms. The van der Waals surface area contributed by atoms with E-state index in [0.29, 0.717) is 13.4 Å². The predicted octanol–water partition coefficient (Wildman–Crippen LogP) is 2.48. The van der Waals surface area contributed by atoms with Crippen molar-refractivity contribution in [1.29, 1.82) is 0 Å². The molecule has 0 fully saturated rings. The number of rotatable bonds is 7. The molecule has 0 amide bonds. The van der Waals surface area contributed by atoms with E-state index in [-0.39, 0.29) is 0 Å². The summed E-state index contributed by atoms with van der Waals surface area (Å²) in [5.74, 6) is 0.903. The van der Waals surface area contributed by atoms with Gasteiger partial charge in [-0.25, -0.2) is 0 Å². The van der Waals surface area contributed by atoms with Crippen LogP contribution in [0.5, 0.6) is 5.75 Å². The second kappa shape index (κ2) is 7.25. The Morgan fingerprint density at radius 3 is 2.75 bits per heavy atom. The Bertz CT molecular complexity index is 313. The normalized spacial score (nSPS) is 10.4. The molecule has 90 valence electrons. The fourth-order valence-electron chi connectivity index (χ4n) is 1.44. The average molecular weight is 223 g/mol. The van der Waals surface area contributed by atoms with E-state index >= 15 is 0 Å². The van der Waals surface area contributed by atoms with Crippen molar-refractivity contribution in [1.82, 2.24) is 5.32 Å². The van der Waals surface area contributed by atoms with Crippen molar-refractivity contribution in [3.8, 4) is 5.75 Å². The van der Waals surface area contributed by atoms with E-state index in [1.165, 1.54) is 11.1 Å². The van der Waals surface area contributed by atoms with Crippen LogP contribution in [0.15, 0.2) is 18.2 Å². The van der Waals surface area contributed by atoms with Gasteiger partial charge in [0.25, 0.3) is 0 Å². The monoisotopic (exact) mass is 223 g/mol. The van der Waals surface area contributed by atoms with Gasteiger partial charge in [0.1, 0.15) is 5.75 Å². The topological polar surface area (TPSA) is 30.5 Å². The Kier molecular flexibility index (Phi) is 5.90. The Morgan fingerprint density at radius 1 is 1.25 bits per heavy atom. The van der Waals surface area contributed by atoms with Gasteiger partial charge in [0, 0.05) is 18.7 Å². The maximum absolute atomic E-state index is 5.57. The molecule has 0 spiro atoms. The molecule has 16 heavy (non-hydrogen) atoms. The Morgan fingerprint density at radius 2 is 2.06 bits per heavy atom. The highest BCUT2D eigenvalue weighted by atomic mass is 16.7. The minimum absolute atomic E-state index is 0.318. The van der Waals surface area contributed by atoms with Crippen molar-refractivity contribution < 1.29 is 9.47 Å². The molecule has 0 aliphatic carbocycles. The van der Waals surface area contributed by atoms with Gasteiger partial charge in [-0.05, 0) is 26.5 Å². The first-order valence-corrected chi connectivity index (χ1v) is 5.78. The summed E-state index contributed by atoms with van der Waals surface area (Å²) in [6, 6.07) is 6.20. The van der Waals surface area contributed by atoms with Crippen molar-refractivity contribution in [3.05, 3.63) is 29.3 Å². The van der Waals surface area contributed by atoms with Crippen LogP contribution in [0.4, 0.5) is 0 Å². The molecule has 0 bridgehead atoms. The molecule has 1 N–H and O–H groups in total. The van der Waals surface area contributed by atoms with Gasteiger partial charge in [-0.1, -0.05) is 24.6 Å². The van der Waals surface area contributed by atoms with Crippen LogP contribution in [0, 0.1) is 6.92 Å². The number of hydrogen-bond acceptors (Lipinski definition) is 3. The first-order chi connectivity index (χ1) is 7.77. The molecule has 0 aromatic heterocycles.